The van der Waals surface area contributed by atoms with E-state index in [1.54, 1.807) is 0 Å². The van der Waals surface area contributed by atoms with Crippen molar-refractivity contribution in [1.29, 1.82) is 0 Å². The van der Waals surface area contributed by atoms with Crippen LogP contribution in [0.2, 0.25) is 10.0 Å². The Hall–Kier alpha value is -1.22. The second-order valence-electron chi connectivity index (χ2n) is 9.21. The van der Waals surface area contributed by atoms with Gasteiger partial charge >= 0.3 is 0 Å². The molecule has 0 aliphatic heterocycles. The second kappa shape index (κ2) is 7.55. The van der Waals surface area contributed by atoms with E-state index in [0.717, 1.165) is 35.4 Å². The summed E-state index contributed by atoms with van der Waals surface area (Å²) in [6, 6.07) is 14.1. The molecule has 1 N–H and O–H groups in total. The van der Waals surface area contributed by atoms with Gasteiger partial charge < -0.3 is 10.1 Å². The summed E-state index contributed by atoms with van der Waals surface area (Å²) in [5.74, 6) is 3.41. The lowest BCUT2D eigenvalue weighted by Crippen LogP contribution is -2.58. The van der Waals surface area contributed by atoms with E-state index in [2.05, 4.69) is 5.32 Å². The molecule has 2 aromatic rings. The number of hydrogen-bond acceptors (Lipinski definition) is 2. The Morgan fingerprint density at radius 2 is 1.43 bits per heavy atom. The molecule has 0 amide bonds. The fourth-order valence-electron chi connectivity index (χ4n) is 6.20. The zero-order valence-corrected chi connectivity index (χ0v) is 17.6. The predicted molar refractivity (Wildman–Crippen MR) is 115 cm³/mol. The van der Waals surface area contributed by atoms with E-state index in [-0.39, 0.29) is 0 Å². The van der Waals surface area contributed by atoms with Crippen molar-refractivity contribution >= 4 is 23.2 Å². The van der Waals surface area contributed by atoms with Crippen LogP contribution >= 0.6 is 23.2 Å². The molecule has 0 spiro atoms. The summed E-state index contributed by atoms with van der Waals surface area (Å²) in [7, 11) is 0. The molecule has 0 heterocycles. The molecule has 0 aromatic heterocycles. The standard InChI is InChI=1S/C24H27Cl2NO/c25-21-9-20(10-22(26)23(21)28-15-16-4-2-1-3-5-16)14-27-24-11-17-6-18(12-24)8-19(7-17)13-24/h1-5,9-10,17-19,27H,6-8,11-15H2. The van der Waals surface area contributed by atoms with Crippen molar-refractivity contribution in [2.75, 3.05) is 0 Å². The Labute approximate surface area is 177 Å². The Kier molecular flexibility index (Phi) is 5.07. The summed E-state index contributed by atoms with van der Waals surface area (Å²) >= 11 is 13.0. The van der Waals surface area contributed by atoms with Gasteiger partial charge in [-0.1, -0.05) is 53.5 Å². The van der Waals surface area contributed by atoms with E-state index in [1.807, 2.05) is 42.5 Å². The molecule has 148 valence electrons. The molecule has 28 heavy (non-hydrogen) atoms. The third-order valence-corrected chi connectivity index (χ3v) is 7.55. The summed E-state index contributed by atoms with van der Waals surface area (Å²) in [6.07, 6.45) is 8.43. The third kappa shape index (κ3) is 3.79. The molecule has 6 rings (SSSR count). The molecule has 0 unspecified atom stereocenters. The van der Waals surface area contributed by atoms with Gasteiger partial charge in [-0.3, -0.25) is 0 Å². The van der Waals surface area contributed by atoms with Crippen LogP contribution in [-0.2, 0) is 13.2 Å². The van der Waals surface area contributed by atoms with Gasteiger partial charge in [0.25, 0.3) is 0 Å². The summed E-state index contributed by atoms with van der Waals surface area (Å²) in [6.45, 7) is 1.29. The highest BCUT2D eigenvalue weighted by atomic mass is 35.5. The Morgan fingerprint density at radius 3 is 2.00 bits per heavy atom. The van der Waals surface area contributed by atoms with Gasteiger partial charge in [0.1, 0.15) is 6.61 Å². The van der Waals surface area contributed by atoms with Crippen LogP contribution in [0.3, 0.4) is 0 Å². The van der Waals surface area contributed by atoms with Gasteiger partial charge in [-0.25, -0.2) is 0 Å². The molecule has 4 saturated carbocycles. The van der Waals surface area contributed by atoms with Crippen LogP contribution in [0.1, 0.15) is 49.7 Å². The zero-order chi connectivity index (χ0) is 19.1. The number of nitrogens with one attached hydrogen (secondary N) is 1. The number of ether oxygens (including phenoxy) is 1. The van der Waals surface area contributed by atoms with Crippen LogP contribution in [0.4, 0.5) is 0 Å². The first-order chi connectivity index (χ1) is 13.6. The zero-order valence-electron chi connectivity index (χ0n) is 16.1. The van der Waals surface area contributed by atoms with Crippen molar-refractivity contribution < 1.29 is 4.74 Å². The van der Waals surface area contributed by atoms with Gasteiger partial charge in [0.2, 0.25) is 0 Å². The van der Waals surface area contributed by atoms with Crippen molar-refractivity contribution in [1.82, 2.24) is 5.32 Å². The maximum absolute atomic E-state index is 6.52. The monoisotopic (exact) mass is 415 g/mol. The fourth-order valence-corrected chi connectivity index (χ4v) is 6.84. The smallest absolute Gasteiger partial charge is 0.156 e. The largest absolute Gasteiger partial charge is 0.486 e. The van der Waals surface area contributed by atoms with Gasteiger partial charge in [-0.2, -0.15) is 0 Å². The van der Waals surface area contributed by atoms with Crippen LogP contribution in [-0.4, -0.2) is 5.54 Å². The molecule has 0 radical (unpaired) electrons. The number of halogens is 2. The highest BCUT2D eigenvalue weighted by Gasteiger charge is 2.50. The topological polar surface area (TPSA) is 21.3 Å². The van der Waals surface area contributed by atoms with Gasteiger partial charge in [-0.05, 0) is 79.5 Å². The average Bonchev–Trinajstić information content (AvgIpc) is 2.66. The molecule has 0 atom stereocenters. The third-order valence-electron chi connectivity index (χ3n) is 6.99. The Morgan fingerprint density at radius 1 is 0.857 bits per heavy atom. The summed E-state index contributed by atoms with van der Waals surface area (Å²) in [5, 5.41) is 5.09. The summed E-state index contributed by atoms with van der Waals surface area (Å²) in [4.78, 5) is 0. The quantitative estimate of drug-likeness (QED) is 0.571. The second-order valence-corrected chi connectivity index (χ2v) is 10.0. The van der Waals surface area contributed by atoms with Gasteiger partial charge in [-0.15, -0.1) is 0 Å². The van der Waals surface area contributed by atoms with Gasteiger partial charge in [0.15, 0.2) is 5.75 Å². The van der Waals surface area contributed by atoms with Crippen LogP contribution in [0.5, 0.6) is 5.75 Å². The molecule has 4 heteroatoms. The number of rotatable bonds is 6. The minimum Gasteiger partial charge on any atom is -0.486 e. The minimum atomic E-state index is 0.343. The maximum Gasteiger partial charge on any atom is 0.156 e. The van der Waals surface area contributed by atoms with Gasteiger partial charge in [0, 0.05) is 12.1 Å². The fraction of sp³-hybridized carbons (Fsp3) is 0.500. The van der Waals surface area contributed by atoms with Crippen LogP contribution < -0.4 is 10.1 Å². The molecule has 4 aliphatic carbocycles. The van der Waals surface area contributed by atoms with E-state index < -0.39 is 0 Å². The first kappa shape index (κ1) is 18.8. The van der Waals surface area contributed by atoms with E-state index in [9.17, 15) is 0 Å². The lowest BCUT2D eigenvalue weighted by Gasteiger charge is -2.57. The Balaban J connectivity index is 1.25. The molecule has 4 aliphatic rings. The molecular formula is C24H27Cl2NO. The average molecular weight is 416 g/mol. The molecule has 0 saturated heterocycles. The molecule has 4 fully saturated rings. The summed E-state index contributed by atoms with van der Waals surface area (Å²) < 4.78 is 5.90. The molecule has 2 nitrogen and oxygen atoms in total. The number of hydrogen-bond donors (Lipinski definition) is 1. The first-order valence-electron chi connectivity index (χ1n) is 10.5. The van der Waals surface area contributed by atoms with Crippen LogP contribution in [0.25, 0.3) is 0 Å². The summed E-state index contributed by atoms with van der Waals surface area (Å²) in [5.41, 5.74) is 2.58. The van der Waals surface area contributed by atoms with E-state index in [4.69, 9.17) is 27.9 Å². The molecule has 2 aromatic carbocycles. The van der Waals surface area contributed by atoms with E-state index in [0.29, 0.717) is 27.9 Å². The SMILES string of the molecule is Clc1cc(CNC23CC4CC(CC(C4)C2)C3)cc(Cl)c1OCc1ccccc1. The predicted octanol–water partition coefficient (Wildman–Crippen LogP) is 6.63. The lowest BCUT2D eigenvalue weighted by molar-refractivity contribution is -0.0206. The first-order valence-corrected chi connectivity index (χ1v) is 11.2. The van der Waals surface area contributed by atoms with Crippen molar-refractivity contribution in [2.45, 2.75) is 57.2 Å². The molecule has 4 bridgehead atoms. The van der Waals surface area contributed by atoms with E-state index >= 15 is 0 Å². The number of benzene rings is 2. The molecular weight excluding hydrogens is 389 g/mol. The highest BCUT2D eigenvalue weighted by molar-refractivity contribution is 6.37. The van der Waals surface area contributed by atoms with E-state index in [1.165, 1.54) is 38.5 Å². The normalized spacial score (nSPS) is 30.6. The van der Waals surface area contributed by atoms with Crippen molar-refractivity contribution in [3.05, 3.63) is 63.6 Å². The highest BCUT2D eigenvalue weighted by Crippen LogP contribution is 2.55. The Bertz CT molecular complexity index is 793. The minimum absolute atomic E-state index is 0.343. The van der Waals surface area contributed by atoms with Gasteiger partial charge in [0.05, 0.1) is 10.0 Å². The van der Waals surface area contributed by atoms with Crippen molar-refractivity contribution in [2.24, 2.45) is 17.8 Å². The van der Waals surface area contributed by atoms with Crippen LogP contribution in [0, 0.1) is 17.8 Å². The van der Waals surface area contributed by atoms with Crippen molar-refractivity contribution in [3.63, 3.8) is 0 Å². The van der Waals surface area contributed by atoms with Crippen molar-refractivity contribution in [3.8, 4) is 5.75 Å². The lowest BCUT2D eigenvalue weighted by atomic mass is 9.53. The maximum atomic E-state index is 6.52. The van der Waals surface area contributed by atoms with Crippen LogP contribution in [0.15, 0.2) is 42.5 Å².